The van der Waals surface area contributed by atoms with Crippen molar-refractivity contribution in [1.82, 2.24) is 5.32 Å². The van der Waals surface area contributed by atoms with Crippen LogP contribution in [0.25, 0.3) is 0 Å². The molecule has 2 aromatic rings. The normalized spacial score (nSPS) is 11.8. The number of halogens is 1. The molecule has 3 nitrogen and oxygen atoms in total. The summed E-state index contributed by atoms with van der Waals surface area (Å²) < 4.78 is 5.37. The molecular formula is C18H20ClNO2. The van der Waals surface area contributed by atoms with Gasteiger partial charge in [0.25, 0.3) is 5.91 Å². The van der Waals surface area contributed by atoms with Gasteiger partial charge in [0.2, 0.25) is 0 Å². The predicted octanol–water partition coefficient (Wildman–Crippen LogP) is 4.54. The topological polar surface area (TPSA) is 38.3 Å². The fraction of sp³-hybridized carbons (Fsp3) is 0.278. The maximum Gasteiger partial charge on any atom is 0.251 e. The average Bonchev–Trinajstić information content (AvgIpc) is 2.50. The minimum Gasteiger partial charge on any atom is -0.492 e. The monoisotopic (exact) mass is 317 g/mol. The van der Waals surface area contributed by atoms with Crippen LogP contribution in [0.1, 0.15) is 41.4 Å². The molecule has 2 rings (SSSR count). The Labute approximate surface area is 136 Å². The number of hydrogen-bond acceptors (Lipinski definition) is 2. The second-order valence-corrected chi connectivity index (χ2v) is 5.59. The highest BCUT2D eigenvalue weighted by Crippen LogP contribution is 2.25. The van der Waals surface area contributed by atoms with Crippen LogP contribution in [-0.2, 0) is 0 Å². The zero-order chi connectivity index (χ0) is 16.1. The summed E-state index contributed by atoms with van der Waals surface area (Å²) in [4.78, 5) is 12.3. The number of ether oxygens (including phenoxy) is 1. The van der Waals surface area contributed by atoms with E-state index in [0.29, 0.717) is 22.9 Å². The van der Waals surface area contributed by atoms with Crippen molar-refractivity contribution in [2.24, 2.45) is 0 Å². The maximum atomic E-state index is 12.3. The van der Waals surface area contributed by atoms with Crippen LogP contribution in [0.2, 0.25) is 5.02 Å². The molecule has 2 aromatic carbocycles. The molecule has 0 saturated carbocycles. The summed E-state index contributed by atoms with van der Waals surface area (Å²) in [6.45, 7) is 6.42. The van der Waals surface area contributed by atoms with E-state index in [9.17, 15) is 4.79 Å². The van der Waals surface area contributed by atoms with Gasteiger partial charge in [0.1, 0.15) is 5.75 Å². The number of benzene rings is 2. The number of aryl methyl sites for hydroxylation is 1. The van der Waals surface area contributed by atoms with E-state index in [1.807, 2.05) is 45.0 Å². The Hall–Kier alpha value is -2.00. The van der Waals surface area contributed by atoms with E-state index in [0.717, 1.165) is 5.56 Å². The lowest BCUT2D eigenvalue weighted by atomic mass is 10.1. The lowest BCUT2D eigenvalue weighted by Gasteiger charge is -2.15. The second kappa shape index (κ2) is 7.32. The highest BCUT2D eigenvalue weighted by molar-refractivity contribution is 6.32. The third kappa shape index (κ3) is 4.01. The zero-order valence-electron chi connectivity index (χ0n) is 13.0. The van der Waals surface area contributed by atoms with E-state index in [1.165, 1.54) is 5.56 Å². The van der Waals surface area contributed by atoms with Crippen LogP contribution in [0.3, 0.4) is 0 Å². The van der Waals surface area contributed by atoms with Gasteiger partial charge < -0.3 is 10.1 Å². The van der Waals surface area contributed by atoms with Crippen molar-refractivity contribution in [3.05, 3.63) is 64.2 Å². The predicted molar refractivity (Wildman–Crippen MR) is 89.7 cm³/mol. The minimum atomic E-state index is -0.155. The summed E-state index contributed by atoms with van der Waals surface area (Å²) in [7, 11) is 0. The maximum absolute atomic E-state index is 12.3. The van der Waals surface area contributed by atoms with Crippen LogP contribution < -0.4 is 10.1 Å². The first-order valence-corrected chi connectivity index (χ1v) is 7.69. The van der Waals surface area contributed by atoms with Gasteiger partial charge in [-0.3, -0.25) is 4.79 Å². The molecule has 0 bridgehead atoms. The Balaban J connectivity index is 2.08. The van der Waals surface area contributed by atoms with Crippen molar-refractivity contribution in [2.45, 2.75) is 26.8 Å². The molecule has 0 radical (unpaired) electrons. The highest BCUT2D eigenvalue weighted by Gasteiger charge is 2.13. The van der Waals surface area contributed by atoms with Gasteiger partial charge in [-0.25, -0.2) is 0 Å². The van der Waals surface area contributed by atoms with Gasteiger partial charge in [-0.2, -0.15) is 0 Å². The van der Waals surface area contributed by atoms with Crippen LogP contribution in [0, 0.1) is 6.92 Å². The van der Waals surface area contributed by atoms with E-state index in [1.54, 1.807) is 18.2 Å². The Kier molecular flexibility index (Phi) is 5.45. The molecule has 116 valence electrons. The third-order valence-corrected chi connectivity index (χ3v) is 3.71. The van der Waals surface area contributed by atoms with E-state index in [-0.39, 0.29) is 11.9 Å². The smallest absolute Gasteiger partial charge is 0.251 e. The van der Waals surface area contributed by atoms with Crippen LogP contribution in [0.15, 0.2) is 42.5 Å². The van der Waals surface area contributed by atoms with Crippen molar-refractivity contribution in [3.63, 3.8) is 0 Å². The molecule has 0 saturated heterocycles. The Morgan fingerprint density at radius 3 is 2.50 bits per heavy atom. The van der Waals surface area contributed by atoms with E-state index >= 15 is 0 Å². The first kappa shape index (κ1) is 16.4. The second-order valence-electron chi connectivity index (χ2n) is 5.18. The van der Waals surface area contributed by atoms with Gasteiger partial charge in [-0.05, 0) is 44.5 Å². The third-order valence-electron chi connectivity index (χ3n) is 3.42. The number of rotatable bonds is 5. The summed E-state index contributed by atoms with van der Waals surface area (Å²) >= 11 is 6.12. The quantitative estimate of drug-likeness (QED) is 0.879. The fourth-order valence-electron chi connectivity index (χ4n) is 2.13. The van der Waals surface area contributed by atoms with E-state index in [4.69, 9.17) is 16.3 Å². The molecule has 0 heterocycles. The van der Waals surface area contributed by atoms with Crippen molar-refractivity contribution in [1.29, 1.82) is 0 Å². The molecule has 1 atom stereocenters. The van der Waals surface area contributed by atoms with Crippen LogP contribution >= 0.6 is 11.6 Å². The van der Waals surface area contributed by atoms with Crippen molar-refractivity contribution in [2.75, 3.05) is 6.61 Å². The van der Waals surface area contributed by atoms with Gasteiger partial charge in [0.05, 0.1) is 17.7 Å². The molecule has 22 heavy (non-hydrogen) atoms. The lowest BCUT2D eigenvalue weighted by Crippen LogP contribution is -2.26. The highest BCUT2D eigenvalue weighted by atomic mass is 35.5. The van der Waals surface area contributed by atoms with Gasteiger partial charge in [0, 0.05) is 5.56 Å². The molecule has 0 aliphatic rings. The summed E-state index contributed by atoms with van der Waals surface area (Å²) in [5.74, 6) is 0.435. The Morgan fingerprint density at radius 2 is 1.91 bits per heavy atom. The largest absolute Gasteiger partial charge is 0.492 e. The number of nitrogens with one attached hydrogen (secondary N) is 1. The first-order valence-electron chi connectivity index (χ1n) is 7.31. The minimum absolute atomic E-state index is 0.0709. The summed E-state index contributed by atoms with van der Waals surface area (Å²) in [5, 5.41) is 3.41. The van der Waals surface area contributed by atoms with Gasteiger partial charge in [0.15, 0.2) is 0 Å². The zero-order valence-corrected chi connectivity index (χ0v) is 13.8. The number of carbonyl (C=O) groups excluding carboxylic acids is 1. The van der Waals surface area contributed by atoms with Crippen molar-refractivity contribution >= 4 is 17.5 Å². The molecule has 0 aromatic heterocycles. The molecule has 0 aliphatic carbocycles. The molecule has 1 N–H and O–H groups in total. The average molecular weight is 318 g/mol. The molecule has 0 unspecified atom stereocenters. The Morgan fingerprint density at radius 1 is 1.23 bits per heavy atom. The van der Waals surface area contributed by atoms with Crippen molar-refractivity contribution in [3.8, 4) is 5.75 Å². The Bertz CT molecular complexity index is 653. The fourth-order valence-corrected chi connectivity index (χ4v) is 2.37. The van der Waals surface area contributed by atoms with Crippen molar-refractivity contribution < 1.29 is 9.53 Å². The number of hydrogen-bond donors (Lipinski definition) is 1. The van der Waals surface area contributed by atoms with Crippen LogP contribution in [0.4, 0.5) is 0 Å². The summed E-state index contributed by atoms with van der Waals surface area (Å²) in [6, 6.07) is 13.1. The van der Waals surface area contributed by atoms with Crippen LogP contribution in [-0.4, -0.2) is 12.5 Å². The molecule has 0 aliphatic heterocycles. The lowest BCUT2D eigenvalue weighted by molar-refractivity contribution is 0.0940. The molecule has 4 heteroatoms. The standard InChI is InChI=1S/C18H20ClNO2/c1-4-22-17-10-9-15(11-16(17)19)18(21)20-13(3)14-7-5-12(2)6-8-14/h5-11,13H,4H2,1-3H3,(H,20,21)/t13-/m0/s1. The molecule has 0 spiro atoms. The van der Waals surface area contributed by atoms with Gasteiger partial charge in [-0.15, -0.1) is 0 Å². The summed E-state index contributed by atoms with van der Waals surface area (Å²) in [6.07, 6.45) is 0. The summed E-state index contributed by atoms with van der Waals surface area (Å²) in [5.41, 5.74) is 2.78. The first-order chi connectivity index (χ1) is 10.5. The number of amides is 1. The van der Waals surface area contributed by atoms with E-state index in [2.05, 4.69) is 5.32 Å². The number of carbonyl (C=O) groups is 1. The SMILES string of the molecule is CCOc1ccc(C(=O)N[C@@H](C)c2ccc(C)cc2)cc1Cl. The van der Waals surface area contributed by atoms with Gasteiger partial charge >= 0.3 is 0 Å². The van der Waals surface area contributed by atoms with Crippen LogP contribution in [0.5, 0.6) is 5.75 Å². The molecular weight excluding hydrogens is 298 g/mol. The molecule has 1 amide bonds. The molecule has 0 fully saturated rings. The van der Waals surface area contributed by atoms with E-state index < -0.39 is 0 Å². The van der Waals surface area contributed by atoms with Gasteiger partial charge in [-0.1, -0.05) is 41.4 Å².